The summed E-state index contributed by atoms with van der Waals surface area (Å²) < 4.78 is 0. The summed E-state index contributed by atoms with van der Waals surface area (Å²) >= 11 is 0. The van der Waals surface area contributed by atoms with Gasteiger partial charge in [-0.05, 0) is 12.0 Å². The number of hydrogen-bond acceptors (Lipinski definition) is 2. The molecule has 0 aliphatic rings. The maximum atomic E-state index is 10.9. The zero-order valence-corrected chi connectivity index (χ0v) is 6.39. The molecule has 0 saturated heterocycles. The summed E-state index contributed by atoms with van der Waals surface area (Å²) in [5.41, 5.74) is 0.636. The van der Waals surface area contributed by atoms with E-state index in [1.807, 2.05) is 6.92 Å². The van der Waals surface area contributed by atoms with E-state index in [1.54, 1.807) is 0 Å². The van der Waals surface area contributed by atoms with E-state index >= 15 is 0 Å². The normalized spacial score (nSPS) is 9.40. The fourth-order valence-corrected chi connectivity index (χ4v) is 0.720. The lowest BCUT2D eigenvalue weighted by Crippen LogP contribution is -2.03. The summed E-state index contributed by atoms with van der Waals surface area (Å²) in [7, 11) is 0. The van der Waals surface area contributed by atoms with Crippen molar-refractivity contribution >= 4 is 5.78 Å². The van der Waals surface area contributed by atoms with Gasteiger partial charge in [0.05, 0.1) is 6.61 Å². The minimum atomic E-state index is -0.0679. The third kappa shape index (κ3) is 3.41. The zero-order valence-electron chi connectivity index (χ0n) is 6.39. The second kappa shape index (κ2) is 5.18. The molecule has 0 atom stereocenters. The lowest BCUT2D eigenvalue weighted by Gasteiger charge is -1.99. The van der Waals surface area contributed by atoms with Crippen LogP contribution in [0.4, 0.5) is 0 Å². The number of aliphatic hydroxyl groups excluding tert-OH is 1. The fraction of sp³-hybridized carbons (Fsp3) is 0.625. The number of allylic oxidation sites excluding steroid dienone is 1. The molecule has 0 fully saturated rings. The molecule has 0 aliphatic heterocycles. The average Bonchev–Trinajstić information content (AvgIpc) is 1.89. The zero-order chi connectivity index (χ0) is 7.98. The predicted octanol–water partition coefficient (Wildman–Crippen LogP) is 1.54. The van der Waals surface area contributed by atoms with E-state index in [4.69, 9.17) is 5.11 Å². The highest BCUT2D eigenvalue weighted by Gasteiger charge is 2.03. The largest absolute Gasteiger partial charge is 0.396 e. The number of hydrogen-bond donors (Lipinski definition) is 1. The van der Waals surface area contributed by atoms with E-state index in [0.717, 1.165) is 12.8 Å². The molecule has 0 bridgehead atoms. The van der Waals surface area contributed by atoms with Crippen LogP contribution >= 0.6 is 0 Å². The molecule has 10 heavy (non-hydrogen) atoms. The Labute approximate surface area is 63.0 Å². The van der Waals surface area contributed by atoms with Crippen LogP contribution in [-0.4, -0.2) is 17.5 Å². The Morgan fingerprint density at radius 2 is 2.20 bits per heavy atom. The molecular formula is C8H16O2. The van der Waals surface area contributed by atoms with Crippen molar-refractivity contribution in [2.75, 3.05) is 6.61 Å². The molecule has 0 radical (unpaired) electrons. The van der Waals surface area contributed by atoms with Crippen molar-refractivity contribution in [2.24, 2.45) is 0 Å². The number of aliphatic hydroxyl groups is 1. The number of ketones is 1. The van der Waals surface area contributed by atoms with Gasteiger partial charge in [-0.25, -0.2) is 0 Å². The molecule has 0 amide bonds. The van der Waals surface area contributed by atoms with E-state index in [2.05, 4.69) is 6.58 Å². The summed E-state index contributed by atoms with van der Waals surface area (Å²) in [5.74, 6) is -0.00986. The smallest absolute Gasteiger partial charge is 0.160 e. The van der Waals surface area contributed by atoms with E-state index < -0.39 is 0 Å². The Balaban J connectivity index is 0. The summed E-state index contributed by atoms with van der Waals surface area (Å²) in [6.07, 6.45) is 1.91. The predicted molar refractivity (Wildman–Crippen MR) is 42.9 cm³/mol. The maximum absolute atomic E-state index is 10.9. The van der Waals surface area contributed by atoms with Crippen LogP contribution in [0.15, 0.2) is 12.2 Å². The second-order valence-corrected chi connectivity index (χ2v) is 2.25. The molecule has 2 nitrogen and oxygen atoms in total. The number of Topliss-reactive ketones (excluding diaryl/α,β-unsaturated/α-hetero) is 1. The first kappa shape index (κ1) is 9.37. The standard InChI is InChI=1S/C8H14O2.H2/c1-3-4-7(2)8(10)5-6-9;/h9H,2-6H2,1H3;1H. The molecule has 0 heterocycles. The molecule has 0 unspecified atom stereocenters. The lowest BCUT2D eigenvalue weighted by molar-refractivity contribution is -0.116. The Morgan fingerprint density at radius 1 is 1.60 bits per heavy atom. The average molecular weight is 144 g/mol. The molecule has 0 aromatic rings. The summed E-state index contributed by atoms with van der Waals surface area (Å²) in [4.78, 5) is 10.9. The molecule has 1 N–H and O–H groups in total. The molecule has 0 aromatic heterocycles. The van der Waals surface area contributed by atoms with Gasteiger partial charge >= 0.3 is 0 Å². The number of carbonyl (C=O) groups is 1. The quantitative estimate of drug-likeness (QED) is 0.594. The first-order valence-electron chi connectivity index (χ1n) is 3.54. The molecule has 0 spiro atoms. The number of carbonyl (C=O) groups excluding carboxylic acids is 1. The lowest BCUT2D eigenvalue weighted by atomic mass is 10.1. The Hall–Kier alpha value is -0.630. The van der Waals surface area contributed by atoms with E-state index in [9.17, 15) is 4.79 Å². The van der Waals surface area contributed by atoms with Crippen LogP contribution in [0.3, 0.4) is 0 Å². The molecule has 2 heteroatoms. The summed E-state index contributed by atoms with van der Waals surface area (Å²) in [5, 5.41) is 8.39. The van der Waals surface area contributed by atoms with Gasteiger partial charge in [0, 0.05) is 7.85 Å². The molecule has 0 saturated carbocycles. The fourth-order valence-electron chi connectivity index (χ4n) is 0.720. The van der Waals surface area contributed by atoms with Gasteiger partial charge in [0.15, 0.2) is 5.78 Å². The minimum Gasteiger partial charge on any atom is -0.396 e. The number of rotatable bonds is 5. The van der Waals surface area contributed by atoms with Gasteiger partial charge in [-0.3, -0.25) is 4.79 Å². The van der Waals surface area contributed by atoms with Crippen LogP contribution in [0, 0.1) is 0 Å². The monoisotopic (exact) mass is 144 g/mol. The Morgan fingerprint density at radius 3 is 2.60 bits per heavy atom. The topological polar surface area (TPSA) is 37.3 Å². The highest BCUT2D eigenvalue weighted by atomic mass is 16.3. The van der Waals surface area contributed by atoms with Gasteiger partial charge in [0.1, 0.15) is 0 Å². The van der Waals surface area contributed by atoms with Gasteiger partial charge < -0.3 is 5.11 Å². The Bertz CT molecular complexity index is 116. The third-order valence-corrected chi connectivity index (χ3v) is 1.28. The van der Waals surface area contributed by atoms with Crippen molar-refractivity contribution in [2.45, 2.75) is 26.2 Å². The van der Waals surface area contributed by atoms with Crippen molar-refractivity contribution in [1.29, 1.82) is 0 Å². The van der Waals surface area contributed by atoms with E-state index in [1.165, 1.54) is 0 Å². The molecular weight excluding hydrogens is 128 g/mol. The van der Waals surface area contributed by atoms with Crippen molar-refractivity contribution in [3.8, 4) is 0 Å². The van der Waals surface area contributed by atoms with E-state index in [-0.39, 0.29) is 20.2 Å². The van der Waals surface area contributed by atoms with Gasteiger partial charge in [-0.2, -0.15) is 0 Å². The summed E-state index contributed by atoms with van der Waals surface area (Å²) in [6, 6.07) is 0. The maximum Gasteiger partial charge on any atom is 0.160 e. The second-order valence-electron chi connectivity index (χ2n) is 2.25. The minimum absolute atomic E-state index is 0. The van der Waals surface area contributed by atoms with Gasteiger partial charge in [0.2, 0.25) is 0 Å². The SMILES string of the molecule is C=C(CCC)C(=O)CCO.[HH]. The van der Waals surface area contributed by atoms with Crippen LogP contribution in [0.1, 0.15) is 27.6 Å². The molecule has 0 rings (SSSR count). The van der Waals surface area contributed by atoms with Crippen LogP contribution in [-0.2, 0) is 4.79 Å². The van der Waals surface area contributed by atoms with Crippen LogP contribution in [0.25, 0.3) is 0 Å². The van der Waals surface area contributed by atoms with Crippen molar-refractivity contribution in [3.05, 3.63) is 12.2 Å². The highest BCUT2D eigenvalue weighted by Crippen LogP contribution is 2.04. The highest BCUT2D eigenvalue weighted by molar-refractivity contribution is 5.94. The first-order valence-corrected chi connectivity index (χ1v) is 3.54. The van der Waals surface area contributed by atoms with Crippen LogP contribution in [0.2, 0.25) is 0 Å². The molecule has 0 aromatic carbocycles. The van der Waals surface area contributed by atoms with Crippen molar-refractivity contribution < 1.29 is 11.3 Å². The molecule has 60 valence electrons. The first-order chi connectivity index (χ1) is 4.72. The van der Waals surface area contributed by atoms with E-state index in [0.29, 0.717) is 5.57 Å². The van der Waals surface area contributed by atoms with Crippen LogP contribution < -0.4 is 0 Å². The van der Waals surface area contributed by atoms with Gasteiger partial charge in [0.25, 0.3) is 0 Å². The van der Waals surface area contributed by atoms with Gasteiger partial charge in [-0.15, -0.1) is 0 Å². The molecule has 0 aliphatic carbocycles. The van der Waals surface area contributed by atoms with Crippen molar-refractivity contribution in [3.63, 3.8) is 0 Å². The van der Waals surface area contributed by atoms with Crippen LogP contribution in [0.5, 0.6) is 0 Å². The summed E-state index contributed by atoms with van der Waals surface area (Å²) in [6.45, 7) is 5.53. The Kier molecular flexibility index (Phi) is 4.85. The van der Waals surface area contributed by atoms with Gasteiger partial charge in [-0.1, -0.05) is 19.9 Å². The van der Waals surface area contributed by atoms with Crippen molar-refractivity contribution in [1.82, 2.24) is 0 Å². The third-order valence-electron chi connectivity index (χ3n) is 1.28.